The summed E-state index contributed by atoms with van der Waals surface area (Å²) in [7, 11) is 2.93. The number of nitro groups is 1. The minimum absolute atomic E-state index is 0.120. The number of likely N-dealkylation sites (N-methyl/N-ethyl adjacent to an activating group) is 1. The third kappa shape index (κ3) is 4.11. The number of ether oxygens (including phenoxy) is 1. The maximum atomic E-state index is 12.1. The van der Waals surface area contributed by atoms with Gasteiger partial charge in [0.15, 0.2) is 0 Å². The Hall–Kier alpha value is -3.27. The van der Waals surface area contributed by atoms with Crippen molar-refractivity contribution < 1.29 is 14.5 Å². The van der Waals surface area contributed by atoms with E-state index in [-0.39, 0.29) is 17.3 Å². The molecule has 2 aromatic rings. The Morgan fingerprint density at radius 1 is 1.24 bits per heavy atom. The lowest BCUT2D eigenvalue weighted by atomic mass is 10.1. The highest BCUT2D eigenvalue weighted by Gasteiger charge is 2.31. The minimum Gasteiger partial charge on any atom is -0.465 e. The van der Waals surface area contributed by atoms with Crippen molar-refractivity contribution in [2.24, 2.45) is 0 Å². The van der Waals surface area contributed by atoms with Crippen molar-refractivity contribution in [2.75, 3.05) is 56.7 Å². The zero-order chi connectivity index (χ0) is 21.0. The number of hydrogen-bond donors (Lipinski definition) is 0. The van der Waals surface area contributed by atoms with E-state index in [1.807, 2.05) is 4.90 Å². The van der Waals surface area contributed by atoms with Crippen LogP contribution in [0, 0.1) is 10.1 Å². The molecule has 1 saturated heterocycles. The first kappa shape index (κ1) is 20.5. The molecule has 0 bridgehead atoms. The molecule has 1 aromatic heterocycles. The summed E-state index contributed by atoms with van der Waals surface area (Å²) in [5, 5.41) is 12.0. The average molecular weight is 400 g/mol. The molecule has 0 aliphatic carbocycles. The molecule has 10 heteroatoms. The molecule has 1 aromatic carbocycles. The van der Waals surface area contributed by atoms with E-state index in [0.717, 1.165) is 19.6 Å². The number of methoxy groups -OCH3 is 1. The second kappa shape index (κ2) is 8.82. The molecule has 0 spiro atoms. The summed E-state index contributed by atoms with van der Waals surface area (Å²) < 4.78 is 4.84. The van der Waals surface area contributed by atoms with Gasteiger partial charge in [0.2, 0.25) is 11.6 Å². The van der Waals surface area contributed by atoms with Crippen LogP contribution in [0.5, 0.6) is 0 Å². The topological polar surface area (TPSA) is 105 Å². The second-order valence-corrected chi connectivity index (χ2v) is 6.62. The SMILES string of the molecule is CCN1CCN(c2ncnc(N(C)c3ccccc3C(=O)OC)c2[N+](=O)[O-])CC1. The maximum absolute atomic E-state index is 12.1. The van der Waals surface area contributed by atoms with Gasteiger partial charge in [-0.1, -0.05) is 19.1 Å². The number of benzene rings is 1. The fraction of sp³-hybridized carbons (Fsp3) is 0.421. The van der Waals surface area contributed by atoms with E-state index < -0.39 is 10.9 Å². The van der Waals surface area contributed by atoms with Crippen molar-refractivity contribution in [3.05, 3.63) is 46.3 Å². The summed E-state index contributed by atoms with van der Waals surface area (Å²) in [4.78, 5) is 37.8. The number of aromatic nitrogens is 2. The smallest absolute Gasteiger partial charge is 0.353 e. The molecular weight excluding hydrogens is 376 g/mol. The van der Waals surface area contributed by atoms with Crippen LogP contribution in [0.3, 0.4) is 0 Å². The van der Waals surface area contributed by atoms with Crippen molar-refractivity contribution in [3.63, 3.8) is 0 Å². The van der Waals surface area contributed by atoms with Gasteiger partial charge in [0, 0.05) is 33.2 Å². The van der Waals surface area contributed by atoms with E-state index in [0.29, 0.717) is 24.3 Å². The first-order chi connectivity index (χ1) is 14.0. The quantitative estimate of drug-likeness (QED) is 0.409. The number of esters is 1. The average Bonchev–Trinajstić information content (AvgIpc) is 2.77. The van der Waals surface area contributed by atoms with E-state index >= 15 is 0 Å². The summed E-state index contributed by atoms with van der Waals surface area (Å²) in [5.74, 6) is -0.118. The van der Waals surface area contributed by atoms with Crippen LogP contribution in [0.1, 0.15) is 17.3 Å². The molecule has 0 saturated carbocycles. The van der Waals surface area contributed by atoms with Crippen molar-refractivity contribution in [1.29, 1.82) is 0 Å². The zero-order valence-corrected chi connectivity index (χ0v) is 16.7. The van der Waals surface area contributed by atoms with Crippen LogP contribution in [-0.2, 0) is 4.74 Å². The van der Waals surface area contributed by atoms with E-state index in [9.17, 15) is 14.9 Å². The van der Waals surface area contributed by atoms with Gasteiger partial charge in [-0.25, -0.2) is 14.8 Å². The standard InChI is InChI=1S/C19H24N6O4/c1-4-23-9-11-24(12-10-23)18-16(25(27)28)17(20-13-21-18)22(2)15-8-6-5-7-14(15)19(26)29-3/h5-8,13H,4,9-12H2,1-3H3. The summed E-state index contributed by atoms with van der Waals surface area (Å²) >= 11 is 0. The molecule has 29 heavy (non-hydrogen) atoms. The highest BCUT2D eigenvalue weighted by Crippen LogP contribution is 2.38. The molecule has 0 N–H and O–H groups in total. The van der Waals surface area contributed by atoms with Crippen LogP contribution in [0.15, 0.2) is 30.6 Å². The monoisotopic (exact) mass is 400 g/mol. The number of carbonyl (C=O) groups is 1. The Labute approximate surface area is 168 Å². The lowest BCUT2D eigenvalue weighted by molar-refractivity contribution is -0.383. The molecule has 1 aliphatic heterocycles. The van der Waals surface area contributed by atoms with Crippen LogP contribution in [0.25, 0.3) is 0 Å². The minimum atomic E-state index is -0.528. The van der Waals surface area contributed by atoms with Crippen LogP contribution in [0.4, 0.5) is 23.0 Å². The summed E-state index contributed by atoms with van der Waals surface area (Å²) in [6, 6.07) is 6.75. The lowest BCUT2D eigenvalue weighted by Gasteiger charge is -2.34. The van der Waals surface area contributed by atoms with E-state index in [1.54, 1.807) is 31.3 Å². The molecule has 1 fully saturated rings. The van der Waals surface area contributed by atoms with Crippen molar-refractivity contribution in [3.8, 4) is 0 Å². The van der Waals surface area contributed by atoms with Crippen LogP contribution in [0.2, 0.25) is 0 Å². The lowest BCUT2D eigenvalue weighted by Crippen LogP contribution is -2.46. The van der Waals surface area contributed by atoms with Crippen LogP contribution in [-0.4, -0.2) is 72.6 Å². The molecular formula is C19H24N6O4. The summed E-state index contributed by atoms with van der Waals surface area (Å²) in [6.07, 6.45) is 1.32. The van der Waals surface area contributed by atoms with Crippen LogP contribution >= 0.6 is 0 Å². The Morgan fingerprint density at radius 3 is 2.55 bits per heavy atom. The predicted octanol–water partition coefficient (Wildman–Crippen LogP) is 2.08. The Kier molecular flexibility index (Phi) is 6.23. The number of hydrogen-bond acceptors (Lipinski definition) is 9. The third-order valence-corrected chi connectivity index (χ3v) is 5.07. The zero-order valence-electron chi connectivity index (χ0n) is 16.7. The van der Waals surface area contributed by atoms with Gasteiger partial charge in [-0.3, -0.25) is 10.1 Å². The number of nitrogens with zero attached hydrogens (tertiary/aromatic N) is 6. The van der Waals surface area contributed by atoms with Crippen LogP contribution < -0.4 is 9.80 Å². The molecule has 0 amide bonds. The largest absolute Gasteiger partial charge is 0.465 e. The van der Waals surface area contributed by atoms with Gasteiger partial charge in [0.25, 0.3) is 0 Å². The van der Waals surface area contributed by atoms with Gasteiger partial charge >= 0.3 is 11.7 Å². The highest BCUT2D eigenvalue weighted by atomic mass is 16.6. The van der Waals surface area contributed by atoms with Gasteiger partial charge in [0.05, 0.1) is 23.3 Å². The predicted molar refractivity (Wildman–Crippen MR) is 109 cm³/mol. The molecule has 0 atom stereocenters. The first-order valence-corrected chi connectivity index (χ1v) is 9.35. The van der Waals surface area contributed by atoms with E-state index in [4.69, 9.17) is 4.74 Å². The highest BCUT2D eigenvalue weighted by molar-refractivity contribution is 5.97. The normalized spacial score (nSPS) is 14.5. The van der Waals surface area contributed by atoms with Gasteiger partial charge in [-0.15, -0.1) is 0 Å². The Bertz CT molecular complexity index is 898. The Balaban J connectivity index is 2.03. The summed E-state index contributed by atoms with van der Waals surface area (Å²) in [5.41, 5.74) is 0.575. The molecule has 0 unspecified atom stereocenters. The van der Waals surface area contributed by atoms with Gasteiger partial charge in [0.1, 0.15) is 6.33 Å². The molecule has 154 valence electrons. The van der Waals surface area contributed by atoms with E-state index in [2.05, 4.69) is 21.8 Å². The van der Waals surface area contributed by atoms with Gasteiger partial charge in [-0.2, -0.15) is 0 Å². The second-order valence-electron chi connectivity index (χ2n) is 6.62. The van der Waals surface area contributed by atoms with Crippen molar-refractivity contribution in [1.82, 2.24) is 14.9 Å². The van der Waals surface area contributed by atoms with Gasteiger partial charge < -0.3 is 19.4 Å². The Morgan fingerprint density at radius 2 is 1.93 bits per heavy atom. The molecule has 3 rings (SSSR count). The third-order valence-electron chi connectivity index (χ3n) is 5.07. The fourth-order valence-electron chi connectivity index (χ4n) is 3.44. The van der Waals surface area contributed by atoms with Crippen molar-refractivity contribution >= 4 is 29.0 Å². The fourth-order valence-corrected chi connectivity index (χ4v) is 3.44. The number of carbonyl (C=O) groups excluding carboxylic acids is 1. The first-order valence-electron chi connectivity index (χ1n) is 9.35. The maximum Gasteiger partial charge on any atom is 0.353 e. The molecule has 10 nitrogen and oxygen atoms in total. The van der Waals surface area contributed by atoms with Gasteiger partial charge in [-0.05, 0) is 18.7 Å². The van der Waals surface area contributed by atoms with E-state index in [1.165, 1.54) is 18.3 Å². The molecule has 1 aliphatic rings. The number of para-hydroxylation sites is 1. The number of anilines is 3. The summed E-state index contributed by atoms with van der Waals surface area (Å²) in [6.45, 7) is 5.95. The number of rotatable bonds is 6. The molecule has 0 radical (unpaired) electrons. The number of piperazine rings is 1. The van der Waals surface area contributed by atoms with Crippen molar-refractivity contribution in [2.45, 2.75) is 6.92 Å². The molecule has 2 heterocycles.